The molecule has 0 bridgehead atoms. The Morgan fingerprint density at radius 1 is 1.11 bits per heavy atom. The quantitative estimate of drug-likeness (QED) is 0.861. The van der Waals surface area contributed by atoms with Crippen molar-refractivity contribution in [3.63, 3.8) is 0 Å². The van der Waals surface area contributed by atoms with E-state index in [1.54, 1.807) is 35.6 Å². The van der Waals surface area contributed by atoms with Crippen molar-refractivity contribution in [2.75, 3.05) is 30.2 Å². The smallest absolute Gasteiger partial charge is 0.303 e. The van der Waals surface area contributed by atoms with Crippen LogP contribution in [0.3, 0.4) is 0 Å². The number of benzene rings is 1. The summed E-state index contributed by atoms with van der Waals surface area (Å²) in [6, 6.07) is 7.03. The highest BCUT2D eigenvalue weighted by molar-refractivity contribution is 7.90. The van der Waals surface area contributed by atoms with Crippen molar-refractivity contribution in [2.45, 2.75) is 25.7 Å². The molecule has 0 radical (unpaired) electrons. The van der Waals surface area contributed by atoms with Crippen LogP contribution in [0, 0.1) is 0 Å². The lowest BCUT2D eigenvalue weighted by atomic mass is 10.2. The van der Waals surface area contributed by atoms with E-state index in [4.69, 9.17) is 5.73 Å². The van der Waals surface area contributed by atoms with E-state index >= 15 is 0 Å². The van der Waals surface area contributed by atoms with Crippen molar-refractivity contribution in [1.82, 2.24) is 4.31 Å². The average Bonchev–Trinajstić information content (AvgIpc) is 2.67. The highest BCUT2D eigenvalue weighted by Crippen LogP contribution is 2.26. The second-order valence-corrected chi connectivity index (χ2v) is 6.81. The fourth-order valence-corrected chi connectivity index (χ4v) is 3.83. The minimum atomic E-state index is -3.47. The third kappa shape index (κ3) is 3.01. The van der Waals surface area contributed by atoms with Crippen LogP contribution in [0.15, 0.2) is 24.3 Å². The molecule has 1 heterocycles. The van der Waals surface area contributed by atoms with Gasteiger partial charge in [0.2, 0.25) is 0 Å². The lowest BCUT2D eigenvalue weighted by molar-refractivity contribution is 0.422. The first-order chi connectivity index (χ1) is 9.03. The molecule has 0 atom stereocenters. The molecule has 5 nitrogen and oxygen atoms in total. The molecule has 6 heteroatoms. The summed E-state index contributed by atoms with van der Waals surface area (Å²) in [5, 5.41) is 0. The topological polar surface area (TPSA) is 66.6 Å². The van der Waals surface area contributed by atoms with Crippen LogP contribution in [0.25, 0.3) is 0 Å². The van der Waals surface area contributed by atoms with Gasteiger partial charge in [0.15, 0.2) is 0 Å². The van der Waals surface area contributed by atoms with Crippen LogP contribution in [0.4, 0.5) is 11.4 Å². The number of para-hydroxylation sites is 2. The Morgan fingerprint density at radius 2 is 1.68 bits per heavy atom. The van der Waals surface area contributed by atoms with E-state index in [1.165, 1.54) is 4.31 Å². The van der Waals surface area contributed by atoms with E-state index < -0.39 is 10.2 Å². The predicted molar refractivity (Wildman–Crippen MR) is 78.2 cm³/mol. The third-order valence-electron chi connectivity index (χ3n) is 3.51. The van der Waals surface area contributed by atoms with Gasteiger partial charge in [-0.1, -0.05) is 25.0 Å². The highest BCUT2D eigenvalue weighted by atomic mass is 32.2. The van der Waals surface area contributed by atoms with Gasteiger partial charge in [-0.25, -0.2) is 0 Å². The minimum absolute atomic E-state index is 0.475. The van der Waals surface area contributed by atoms with Crippen molar-refractivity contribution in [3.05, 3.63) is 24.3 Å². The van der Waals surface area contributed by atoms with Crippen LogP contribution in [-0.4, -0.2) is 32.9 Å². The van der Waals surface area contributed by atoms with Crippen molar-refractivity contribution in [1.29, 1.82) is 0 Å². The van der Waals surface area contributed by atoms with Crippen LogP contribution in [0.5, 0.6) is 0 Å². The summed E-state index contributed by atoms with van der Waals surface area (Å²) in [5.41, 5.74) is 6.86. The summed E-state index contributed by atoms with van der Waals surface area (Å²) in [4.78, 5) is 0. The first-order valence-corrected chi connectivity index (χ1v) is 8.01. The van der Waals surface area contributed by atoms with Crippen LogP contribution in [0.2, 0.25) is 0 Å². The van der Waals surface area contributed by atoms with E-state index in [1.807, 2.05) is 0 Å². The molecule has 106 valence electrons. The molecule has 0 saturated carbocycles. The summed E-state index contributed by atoms with van der Waals surface area (Å²) < 4.78 is 28.0. The first-order valence-electron chi connectivity index (χ1n) is 6.62. The average molecular weight is 283 g/mol. The molecule has 1 aromatic rings. The molecule has 0 aromatic heterocycles. The van der Waals surface area contributed by atoms with Crippen LogP contribution < -0.4 is 10.0 Å². The summed E-state index contributed by atoms with van der Waals surface area (Å²) in [7, 11) is -1.91. The van der Waals surface area contributed by atoms with Crippen molar-refractivity contribution < 1.29 is 8.42 Å². The zero-order valence-electron chi connectivity index (χ0n) is 11.2. The lowest BCUT2D eigenvalue weighted by Crippen LogP contribution is -2.42. The molecule has 0 spiro atoms. The number of rotatable bonds is 3. The van der Waals surface area contributed by atoms with Crippen molar-refractivity contribution >= 4 is 21.6 Å². The SMILES string of the molecule is CN(c1ccccc1N)S(=O)(=O)N1CCCCCC1. The van der Waals surface area contributed by atoms with Gasteiger partial charge in [-0.15, -0.1) is 0 Å². The molecule has 2 N–H and O–H groups in total. The maximum Gasteiger partial charge on any atom is 0.303 e. The molecule has 2 rings (SSSR count). The monoisotopic (exact) mass is 283 g/mol. The molecule has 1 aliphatic rings. The molecular weight excluding hydrogens is 262 g/mol. The first kappa shape index (κ1) is 14.1. The largest absolute Gasteiger partial charge is 0.397 e. The van der Waals surface area contributed by atoms with Gasteiger partial charge >= 0.3 is 10.2 Å². The molecule has 1 fully saturated rings. The second-order valence-electron chi connectivity index (χ2n) is 4.85. The van der Waals surface area contributed by atoms with Gasteiger partial charge in [0.25, 0.3) is 0 Å². The van der Waals surface area contributed by atoms with E-state index in [0.29, 0.717) is 24.5 Å². The lowest BCUT2D eigenvalue weighted by Gasteiger charge is -2.28. The van der Waals surface area contributed by atoms with Gasteiger partial charge in [0.1, 0.15) is 0 Å². The van der Waals surface area contributed by atoms with Crippen LogP contribution in [-0.2, 0) is 10.2 Å². The zero-order chi connectivity index (χ0) is 13.9. The van der Waals surface area contributed by atoms with Crippen molar-refractivity contribution in [3.8, 4) is 0 Å². The second kappa shape index (κ2) is 5.79. The third-order valence-corrected chi connectivity index (χ3v) is 5.42. The summed E-state index contributed by atoms with van der Waals surface area (Å²) in [5.74, 6) is 0. The normalized spacial score (nSPS) is 17.9. The van der Waals surface area contributed by atoms with Gasteiger partial charge in [-0.2, -0.15) is 12.7 Å². The maximum atomic E-state index is 12.6. The summed E-state index contributed by atoms with van der Waals surface area (Å²) in [6.07, 6.45) is 4.06. The molecule has 0 aliphatic carbocycles. The highest BCUT2D eigenvalue weighted by Gasteiger charge is 2.28. The Hall–Kier alpha value is -1.27. The standard InChI is InChI=1S/C13H21N3O2S/c1-15(13-9-5-4-8-12(13)14)19(17,18)16-10-6-2-3-7-11-16/h4-5,8-9H,2-3,6-7,10-11,14H2,1H3. The van der Waals surface area contributed by atoms with Crippen molar-refractivity contribution in [2.24, 2.45) is 0 Å². The predicted octanol–water partition coefficient (Wildman–Crippen LogP) is 1.83. The van der Waals surface area contributed by atoms with Gasteiger partial charge in [0, 0.05) is 20.1 Å². The molecule has 1 aliphatic heterocycles. The van der Waals surface area contributed by atoms with Gasteiger partial charge in [0.05, 0.1) is 11.4 Å². The zero-order valence-corrected chi connectivity index (χ0v) is 12.1. The van der Waals surface area contributed by atoms with Gasteiger partial charge < -0.3 is 5.73 Å². The number of anilines is 2. The van der Waals surface area contributed by atoms with E-state index in [2.05, 4.69) is 0 Å². The molecule has 0 unspecified atom stereocenters. The summed E-state index contributed by atoms with van der Waals surface area (Å²) >= 11 is 0. The molecule has 19 heavy (non-hydrogen) atoms. The summed E-state index contributed by atoms with van der Waals surface area (Å²) in [6.45, 7) is 1.19. The molecular formula is C13H21N3O2S. The van der Waals surface area contributed by atoms with Crippen LogP contribution in [0.1, 0.15) is 25.7 Å². The Bertz CT molecular complexity index is 522. The number of nitrogens with two attached hydrogens (primary N) is 1. The fourth-order valence-electron chi connectivity index (χ4n) is 2.34. The number of hydrogen-bond donors (Lipinski definition) is 1. The minimum Gasteiger partial charge on any atom is -0.397 e. The maximum absolute atomic E-state index is 12.6. The molecule has 1 saturated heterocycles. The fraction of sp³-hybridized carbons (Fsp3) is 0.538. The number of hydrogen-bond acceptors (Lipinski definition) is 3. The number of nitrogens with zero attached hydrogens (tertiary/aromatic N) is 2. The van der Waals surface area contributed by atoms with E-state index in [0.717, 1.165) is 25.7 Å². The van der Waals surface area contributed by atoms with Crippen LogP contribution >= 0.6 is 0 Å². The Labute approximate surface area is 115 Å². The Morgan fingerprint density at radius 3 is 2.26 bits per heavy atom. The van der Waals surface area contributed by atoms with E-state index in [-0.39, 0.29) is 0 Å². The number of nitrogen functional groups attached to an aromatic ring is 1. The molecule has 1 aromatic carbocycles. The Kier molecular flexibility index (Phi) is 4.31. The van der Waals surface area contributed by atoms with Gasteiger partial charge in [-0.3, -0.25) is 4.31 Å². The van der Waals surface area contributed by atoms with E-state index in [9.17, 15) is 8.42 Å². The molecule has 0 amide bonds. The van der Waals surface area contributed by atoms with Gasteiger partial charge in [-0.05, 0) is 25.0 Å². The Balaban J connectivity index is 2.26.